The lowest BCUT2D eigenvalue weighted by molar-refractivity contribution is 0.0562. The first-order valence-electron chi connectivity index (χ1n) is 9.00. The van der Waals surface area contributed by atoms with E-state index in [1.807, 2.05) is 19.9 Å². The molecule has 148 valence electrons. The summed E-state index contributed by atoms with van der Waals surface area (Å²) < 4.78 is 13.9. The second-order valence-corrected chi connectivity index (χ2v) is 8.16. The predicted molar refractivity (Wildman–Crippen MR) is 109 cm³/mol. The van der Waals surface area contributed by atoms with Crippen LogP contribution in [0.3, 0.4) is 0 Å². The minimum atomic E-state index is -0.724. The van der Waals surface area contributed by atoms with Gasteiger partial charge in [-0.15, -0.1) is 0 Å². The number of nitrogens with one attached hydrogen (secondary N) is 1. The van der Waals surface area contributed by atoms with E-state index in [-0.39, 0.29) is 11.8 Å². The lowest BCUT2D eigenvalue weighted by Gasteiger charge is -2.33. The van der Waals surface area contributed by atoms with Crippen LogP contribution in [0.1, 0.15) is 45.8 Å². The van der Waals surface area contributed by atoms with E-state index in [2.05, 4.69) is 26.5 Å². The van der Waals surface area contributed by atoms with Crippen molar-refractivity contribution in [1.29, 1.82) is 0 Å². The van der Waals surface area contributed by atoms with Crippen molar-refractivity contribution in [3.05, 3.63) is 87.4 Å². The summed E-state index contributed by atoms with van der Waals surface area (Å²) in [7, 11) is 0. The maximum atomic E-state index is 13.2. The molecule has 6 nitrogen and oxygen atoms in total. The third kappa shape index (κ3) is 3.33. The number of hydrogen-bond donors (Lipinski definition) is 1. The van der Waals surface area contributed by atoms with E-state index in [9.17, 15) is 14.0 Å². The van der Waals surface area contributed by atoms with Gasteiger partial charge in [0.25, 0.3) is 11.8 Å². The van der Waals surface area contributed by atoms with Gasteiger partial charge in [0.1, 0.15) is 5.82 Å². The number of nitrogens with zero attached hydrogens (tertiary/aromatic N) is 3. The molecule has 1 aliphatic heterocycles. The van der Waals surface area contributed by atoms with Crippen molar-refractivity contribution in [2.45, 2.75) is 25.9 Å². The number of carbonyl (C=O) groups excluding carboxylic acids is 2. The molecule has 1 N–H and O–H groups in total. The third-order valence-corrected chi connectivity index (χ3v) is 5.78. The smallest absolute Gasteiger partial charge is 0.272 e. The molecule has 1 aliphatic rings. The molecule has 1 aromatic heterocycles. The first-order valence-corrected chi connectivity index (χ1v) is 9.79. The monoisotopic (exact) mass is 456 g/mol. The zero-order valence-electron chi connectivity index (χ0n) is 15.8. The van der Waals surface area contributed by atoms with Crippen LogP contribution in [0.5, 0.6) is 0 Å². The molecule has 29 heavy (non-hydrogen) atoms. The number of aromatic nitrogens is 2. The van der Waals surface area contributed by atoms with Gasteiger partial charge in [0, 0.05) is 15.6 Å². The Morgan fingerprint density at radius 3 is 2.52 bits per heavy atom. The van der Waals surface area contributed by atoms with Gasteiger partial charge in [0.2, 0.25) is 0 Å². The van der Waals surface area contributed by atoms with Crippen molar-refractivity contribution in [3.63, 3.8) is 0 Å². The lowest BCUT2D eigenvalue weighted by atomic mass is 10.00. The molecule has 2 aromatic carbocycles. The molecule has 0 aliphatic carbocycles. The van der Waals surface area contributed by atoms with E-state index in [4.69, 9.17) is 0 Å². The number of halogens is 2. The van der Waals surface area contributed by atoms with Gasteiger partial charge in [-0.3, -0.25) is 9.59 Å². The first kappa shape index (κ1) is 19.3. The summed E-state index contributed by atoms with van der Waals surface area (Å²) in [6.07, 6.45) is 1.65. The Kier molecular flexibility index (Phi) is 4.74. The van der Waals surface area contributed by atoms with Crippen LogP contribution in [0, 0.1) is 5.82 Å². The van der Waals surface area contributed by atoms with Gasteiger partial charge < -0.3 is 4.90 Å². The number of fused-ring (bicyclic) bond motifs is 1. The number of rotatable bonds is 3. The summed E-state index contributed by atoms with van der Waals surface area (Å²) >= 11 is 3.38. The van der Waals surface area contributed by atoms with Gasteiger partial charge in [-0.25, -0.2) is 9.82 Å². The van der Waals surface area contributed by atoms with Crippen LogP contribution in [-0.2, 0) is 12.1 Å². The van der Waals surface area contributed by atoms with Crippen molar-refractivity contribution in [1.82, 2.24) is 14.8 Å². The van der Waals surface area contributed by atoms with Crippen LogP contribution < -0.4 is 5.43 Å². The molecule has 0 atom stereocenters. The Bertz CT molecular complexity index is 1110. The lowest BCUT2D eigenvalue weighted by Crippen LogP contribution is -2.43. The van der Waals surface area contributed by atoms with E-state index < -0.39 is 11.4 Å². The molecule has 0 fully saturated rings. The van der Waals surface area contributed by atoms with Crippen LogP contribution in [0.4, 0.5) is 4.39 Å². The number of benzene rings is 2. The molecular weight excluding hydrogens is 439 g/mol. The standard InChI is InChI=1S/C21H18BrFN4O2/c1-21(2)18-14(12-26(21)20(29)13-7-9-15(23)10-8-13)11-24-27(18)25-19(28)16-5-3-4-6-17(16)22/h3-11H,12H2,1-2H3,(H,25,28). The van der Waals surface area contributed by atoms with Crippen LogP contribution in [-0.4, -0.2) is 26.6 Å². The molecule has 3 aromatic rings. The Balaban J connectivity index is 1.62. The topological polar surface area (TPSA) is 67.2 Å². The van der Waals surface area contributed by atoms with E-state index >= 15 is 0 Å². The minimum Gasteiger partial charge on any atom is -0.323 e. The quantitative estimate of drug-likeness (QED) is 0.645. The molecular formula is C21H18BrFN4O2. The number of carbonyl (C=O) groups is 2. The molecule has 0 unspecified atom stereocenters. The molecule has 0 saturated carbocycles. The van der Waals surface area contributed by atoms with Crippen molar-refractivity contribution < 1.29 is 14.0 Å². The number of amides is 2. The maximum Gasteiger partial charge on any atom is 0.272 e. The number of hydrogen-bond acceptors (Lipinski definition) is 3. The van der Waals surface area contributed by atoms with Gasteiger partial charge in [0.15, 0.2) is 0 Å². The third-order valence-electron chi connectivity index (χ3n) is 5.09. The fourth-order valence-corrected chi connectivity index (χ4v) is 4.07. The van der Waals surface area contributed by atoms with E-state index in [1.165, 1.54) is 29.1 Å². The highest BCUT2D eigenvalue weighted by atomic mass is 79.9. The summed E-state index contributed by atoms with van der Waals surface area (Å²) in [4.78, 5) is 28.8. The van der Waals surface area contributed by atoms with Crippen LogP contribution >= 0.6 is 15.9 Å². The predicted octanol–water partition coefficient (Wildman–Crippen LogP) is 4.06. The van der Waals surface area contributed by atoms with Crippen molar-refractivity contribution in [3.8, 4) is 0 Å². The average Bonchev–Trinajstić information content (AvgIpc) is 3.20. The van der Waals surface area contributed by atoms with Crippen molar-refractivity contribution in [2.24, 2.45) is 0 Å². The molecule has 0 bridgehead atoms. The maximum absolute atomic E-state index is 13.2. The second-order valence-electron chi connectivity index (χ2n) is 7.31. The Hall–Kier alpha value is -3.00. The van der Waals surface area contributed by atoms with E-state index in [0.717, 1.165) is 11.3 Å². The summed E-state index contributed by atoms with van der Waals surface area (Å²) in [6, 6.07) is 12.6. The Morgan fingerprint density at radius 2 is 1.83 bits per heavy atom. The van der Waals surface area contributed by atoms with Crippen LogP contribution in [0.25, 0.3) is 0 Å². The molecule has 2 amide bonds. The van der Waals surface area contributed by atoms with Crippen molar-refractivity contribution in [2.75, 3.05) is 5.43 Å². The van der Waals surface area contributed by atoms with Crippen LogP contribution in [0.2, 0.25) is 0 Å². The van der Waals surface area contributed by atoms with Gasteiger partial charge >= 0.3 is 0 Å². The summed E-state index contributed by atoms with van der Waals surface area (Å²) in [6.45, 7) is 4.13. The summed E-state index contributed by atoms with van der Waals surface area (Å²) in [5.41, 5.74) is 4.52. The van der Waals surface area contributed by atoms with Gasteiger partial charge in [-0.1, -0.05) is 12.1 Å². The first-order chi connectivity index (χ1) is 13.8. The van der Waals surface area contributed by atoms with Crippen molar-refractivity contribution >= 4 is 27.7 Å². The molecule has 0 spiro atoms. The molecule has 2 heterocycles. The van der Waals surface area contributed by atoms with Gasteiger partial charge in [-0.2, -0.15) is 9.89 Å². The largest absolute Gasteiger partial charge is 0.323 e. The fraction of sp³-hybridized carbons (Fsp3) is 0.190. The second kappa shape index (κ2) is 7.11. The Labute approximate surface area is 175 Å². The van der Waals surface area contributed by atoms with Gasteiger partial charge in [-0.05, 0) is 66.2 Å². The van der Waals surface area contributed by atoms with E-state index in [1.54, 1.807) is 29.3 Å². The molecule has 8 heteroatoms. The highest BCUT2D eigenvalue weighted by molar-refractivity contribution is 9.10. The molecule has 0 saturated heterocycles. The highest BCUT2D eigenvalue weighted by Gasteiger charge is 2.44. The zero-order chi connectivity index (χ0) is 20.8. The molecule has 0 radical (unpaired) electrons. The average molecular weight is 457 g/mol. The highest BCUT2D eigenvalue weighted by Crippen LogP contribution is 2.39. The zero-order valence-corrected chi connectivity index (χ0v) is 17.4. The fourth-order valence-electron chi connectivity index (χ4n) is 3.61. The molecule has 4 rings (SSSR count). The Morgan fingerprint density at radius 1 is 1.14 bits per heavy atom. The van der Waals surface area contributed by atoms with Gasteiger partial charge in [0.05, 0.1) is 29.5 Å². The van der Waals surface area contributed by atoms with E-state index in [0.29, 0.717) is 22.1 Å². The normalized spacial score (nSPS) is 14.6. The summed E-state index contributed by atoms with van der Waals surface area (Å²) in [5.74, 6) is -0.923. The van der Waals surface area contributed by atoms with Crippen LogP contribution in [0.15, 0.2) is 59.2 Å². The summed E-state index contributed by atoms with van der Waals surface area (Å²) in [5, 5.41) is 4.29. The minimum absolute atomic E-state index is 0.213. The SMILES string of the molecule is CC1(C)c2c(cnn2NC(=O)c2ccccc2Br)CN1C(=O)c1ccc(F)cc1.